The zero-order valence-corrected chi connectivity index (χ0v) is 18.0. The second-order valence-electron chi connectivity index (χ2n) is 8.51. The predicted octanol–water partition coefficient (Wildman–Crippen LogP) is 4.77. The third-order valence-corrected chi connectivity index (χ3v) is 6.59. The molecule has 1 saturated heterocycles. The molecule has 3 heterocycles. The van der Waals surface area contributed by atoms with Crippen molar-refractivity contribution in [3.05, 3.63) is 71.9 Å². The molecule has 10 heteroatoms. The summed E-state index contributed by atoms with van der Waals surface area (Å²) in [6.45, 7) is 1.97. The Hall–Kier alpha value is -3.56. The van der Waals surface area contributed by atoms with Crippen molar-refractivity contribution in [3.63, 3.8) is 0 Å². The minimum Gasteiger partial charge on any atom is -0.472 e. The number of carbonyl (C=O) groups is 1. The summed E-state index contributed by atoms with van der Waals surface area (Å²) in [4.78, 5) is 27.3. The monoisotopic (exact) mass is 472 g/mol. The van der Waals surface area contributed by atoms with Gasteiger partial charge in [-0.05, 0) is 43.9 Å². The molecule has 1 aliphatic heterocycles. The van der Waals surface area contributed by atoms with Crippen LogP contribution in [0, 0.1) is 11.9 Å². The van der Waals surface area contributed by atoms with E-state index in [0.717, 1.165) is 6.07 Å². The van der Waals surface area contributed by atoms with Crippen LogP contribution in [0.1, 0.15) is 35.7 Å². The lowest BCUT2D eigenvalue weighted by molar-refractivity contribution is -0.140. The number of fused-ring (bicyclic) bond motifs is 2. The van der Waals surface area contributed by atoms with E-state index in [1.165, 1.54) is 0 Å². The number of amides is 1. The minimum atomic E-state index is -4.84. The summed E-state index contributed by atoms with van der Waals surface area (Å²) in [5, 5.41) is 0. The number of ether oxygens (including phenoxy) is 1. The number of aromatic nitrogens is 3. The van der Waals surface area contributed by atoms with E-state index in [1.807, 2.05) is 6.92 Å². The van der Waals surface area contributed by atoms with Crippen LogP contribution < -0.4 is 4.74 Å². The third kappa shape index (κ3) is 3.86. The fourth-order valence-corrected chi connectivity index (χ4v) is 4.98. The molecule has 34 heavy (non-hydrogen) atoms. The van der Waals surface area contributed by atoms with Crippen molar-refractivity contribution in [1.82, 2.24) is 19.9 Å². The van der Waals surface area contributed by atoms with Gasteiger partial charge in [-0.15, -0.1) is 0 Å². The van der Waals surface area contributed by atoms with Gasteiger partial charge in [-0.2, -0.15) is 22.5 Å². The van der Waals surface area contributed by atoms with Crippen molar-refractivity contribution in [1.29, 1.82) is 0 Å². The summed E-state index contributed by atoms with van der Waals surface area (Å²) in [5.41, 5.74) is -0.393. The number of benzene rings is 1. The number of alkyl halides is 3. The van der Waals surface area contributed by atoms with Crippen molar-refractivity contribution >= 4 is 5.91 Å². The van der Waals surface area contributed by atoms with E-state index >= 15 is 0 Å². The predicted molar refractivity (Wildman–Crippen MR) is 113 cm³/mol. The highest BCUT2D eigenvalue weighted by molar-refractivity contribution is 6.00. The van der Waals surface area contributed by atoms with Gasteiger partial charge in [0.2, 0.25) is 11.8 Å². The molecule has 2 fully saturated rings. The van der Waals surface area contributed by atoms with E-state index in [9.17, 15) is 22.4 Å². The molecule has 0 spiro atoms. The van der Waals surface area contributed by atoms with Crippen LogP contribution in [0.3, 0.4) is 0 Å². The van der Waals surface area contributed by atoms with Gasteiger partial charge in [0.25, 0.3) is 5.91 Å². The Morgan fingerprint density at radius 2 is 1.79 bits per heavy atom. The molecule has 4 atom stereocenters. The number of piperidine rings is 1. The van der Waals surface area contributed by atoms with Gasteiger partial charge in [-0.25, -0.2) is 9.97 Å². The topological polar surface area (TPSA) is 68.2 Å². The molecule has 1 aliphatic carbocycles. The number of hydrogen-bond acceptors (Lipinski definition) is 5. The molecule has 1 aromatic carbocycles. The van der Waals surface area contributed by atoms with Gasteiger partial charge in [0, 0.05) is 30.1 Å². The van der Waals surface area contributed by atoms with Gasteiger partial charge >= 0.3 is 6.18 Å². The van der Waals surface area contributed by atoms with Gasteiger partial charge < -0.3 is 9.64 Å². The first-order chi connectivity index (χ1) is 16.2. The molecular weight excluding hydrogens is 452 g/mol. The van der Waals surface area contributed by atoms with Crippen molar-refractivity contribution < 1.29 is 27.1 Å². The molecule has 176 valence electrons. The van der Waals surface area contributed by atoms with Crippen molar-refractivity contribution in [3.8, 4) is 17.3 Å². The van der Waals surface area contributed by atoms with Crippen LogP contribution in [0.4, 0.5) is 17.6 Å². The summed E-state index contributed by atoms with van der Waals surface area (Å²) < 4.78 is 58.2. The Morgan fingerprint density at radius 3 is 2.47 bits per heavy atom. The summed E-state index contributed by atoms with van der Waals surface area (Å²) in [7, 11) is 0. The highest BCUT2D eigenvalue weighted by Gasteiger charge is 2.53. The normalized spacial score (nSPS) is 23.9. The van der Waals surface area contributed by atoms with Crippen LogP contribution in [0.15, 0.2) is 54.9 Å². The van der Waals surface area contributed by atoms with Gasteiger partial charge in [-0.1, -0.05) is 18.2 Å². The Balaban J connectivity index is 1.40. The quantitative estimate of drug-likeness (QED) is 0.404. The zero-order chi connectivity index (χ0) is 24.0. The Bertz CT molecular complexity index is 1220. The number of carbonyl (C=O) groups excluding carboxylic acids is 1. The SMILES string of the molecule is C[C@@H]1[C@H]2C[C@@H](Oc3ccc(C(F)(F)F)c(F)n3)[C@H](C2)N1C(=O)c1ccccc1-c1ncccn1. The number of nitrogens with zero attached hydrogens (tertiary/aromatic N) is 4. The lowest BCUT2D eigenvalue weighted by Gasteiger charge is -2.38. The molecule has 2 aliphatic rings. The van der Waals surface area contributed by atoms with Crippen molar-refractivity contribution in [2.75, 3.05) is 0 Å². The van der Waals surface area contributed by atoms with Gasteiger partial charge in [0.05, 0.1) is 11.6 Å². The molecule has 0 radical (unpaired) electrons. The molecule has 2 bridgehead atoms. The summed E-state index contributed by atoms with van der Waals surface area (Å²) >= 11 is 0. The maximum atomic E-state index is 13.9. The number of halogens is 4. The Kier molecular flexibility index (Phi) is 5.45. The molecule has 5 rings (SSSR count). The summed E-state index contributed by atoms with van der Waals surface area (Å²) in [6.07, 6.45) is -0.854. The molecule has 0 N–H and O–H groups in total. The van der Waals surface area contributed by atoms with E-state index in [-0.39, 0.29) is 29.8 Å². The second-order valence-corrected chi connectivity index (χ2v) is 8.51. The minimum absolute atomic E-state index is 0.0561. The molecule has 0 unspecified atom stereocenters. The molecule has 1 amide bonds. The Morgan fingerprint density at radius 1 is 1.06 bits per heavy atom. The number of hydrogen-bond donors (Lipinski definition) is 0. The zero-order valence-electron chi connectivity index (χ0n) is 18.0. The molecule has 1 saturated carbocycles. The number of likely N-dealkylation sites (tertiary alicyclic amines) is 1. The van der Waals surface area contributed by atoms with Gasteiger partial charge in [0.1, 0.15) is 11.7 Å². The lowest BCUT2D eigenvalue weighted by Crippen LogP contribution is -2.51. The molecule has 6 nitrogen and oxygen atoms in total. The van der Waals surface area contributed by atoms with Crippen molar-refractivity contribution in [2.45, 2.75) is 44.1 Å². The Labute approximate surface area is 192 Å². The van der Waals surface area contributed by atoms with Crippen LogP contribution in [0.5, 0.6) is 5.88 Å². The largest absolute Gasteiger partial charge is 0.472 e. The highest BCUT2D eigenvalue weighted by atomic mass is 19.4. The van der Waals surface area contributed by atoms with E-state index in [1.54, 1.807) is 47.6 Å². The standard InChI is InChI=1S/C24H20F4N4O2/c1-13-14-11-18(19(12-14)34-20-8-7-17(21(25)31-20)24(26,27)28)32(13)23(33)16-6-3-2-5-15(16)22-29-9-4-10-30-22/h2-10,13-14,18-19H,11-12H2,1H3/t13-,14-,18+,19-/m1/s1. The molecular formula is C24H20F4N4O2. The fraction of sp³-hybridized carbons (Fsp3) is 0.333. The van der Waals surface area contributed by atoms with Crippen molar-refractivity contribution in [2.24, 2.45) is 5.92 Å². The van der Waals surface area contributed by atoms with Gasteiger partial charge in [0.15, 0.2) is 5.82 Å². The summed E-state index contributed by atoms with van der Waals surface area (Å²) in [5.74, 6) is -1.49. The van der Waals surface area contributed by atoms with Crippen LogP contribution >= 0.6 is 0 Å². The number of pyridine rings is 1. The van der Waals surface area contributed by atoms with E-state index in [2.05, 4.69) is 15.0 Å². The van der Waals surface area contributed by atoms with Crippen LogP contribution in [-0.4, -0.2) is 43.9 Å². The smallest absolute Gasteiger partial charge is 0.420 e. The highest BCUT2D eigenvalue weighted by Crippen LogP contribution is 2.45. The molecule has 3 aromatic rings. The summed E-state index contributed by atoms with van der Waals surface area (Å²) in [6, 6.07) is 10.0. The van der Waals surface area contributed by atoms with E-state index in [0.29, 0.717) is 35.9 Å². The first kappa shape index (κ1) is 22.2. The number of rotatable bonds is 4. The lowest BCUT2D eigenvalue weighted by atomic mass is 9.97. The maximum Gasteiger partial charge on any atom is 0.420 e. The average Bonchev–Trinajstić information content (AvgIpc) is 3.36. The second kappa shape index (κ2) is 8.34. The fourth-order valence-electron chi connectivity index (χ4n) is 4.98. The molecule has 2 aromatic heterocycles. The van der Waals surface area contributed by atoms with Crippen LogP contribution in [-0.2, 0) is 6.18 Å². The van der Waals surface area contributed by atoms with E-state index < -0.39 is 23.8 Å². The third-order valence-electron chi connectivity index (χ3n) is 6.59. The average molecular weight is 472 g/mol. The van der Waals surface area contributed by atoms with Crippen LogP contribution in [0.2, 0.25) is 0 Å². The first-order valence-corrected chi connectivity index (χ1v) is 10.8. The van der Waals surface area contributed by atoms with Gasteiger partial charge in [-0.3, -0.25) is 4.79 Å². The maximum absolute atomic E-state index is 13.9. The first-order valence-electron chi connectivity index (χ1n) is 10.8. The van der Waals surface area contributed by atoms with Crippen LogP contribution in [0.25, 0.3) is 11.4 Å². The van der Waals surface area contributed by atoms with E-state index in [4.69, 9.17) is 4.74 Å².